The van der Waals surface area contributed by atoms with Crippen molar-refractivity contribution in [2.75, 3.05) is 31.5 Å². The van der Waals surface area contributed by atoms with E-state index in [2.05, 4.69) is 38.7 Å². The Hall–Kier alpha value is -3.10. The van der Waals surface area contributed by atoms with Crippen LogP contribution in [0.4, 0.5) is 11.6 Å². The molecule has 3 aromatic rings. The molecule has 2 aromatic heterocycles. The Balaban J connectivity index is 1.16. The molecule has 4 aliphatic rings. The quantitative estimate of drug-likeness (QED) is 0.460. The summed E-state index contributed by atoms with van der Waals surface area (Å²) in [5.41, 5.74) is 5.73. The molecule has 2 N–H and O–H groups in total. The van der Waals surface area contributed by atoms with Gasteiger partial charge in [-0.25, -0.2) is 4.98 Å². The van der Waals surface area contributed by atoms with E-state index in [1.54, 1.807) is 10.8 Å². The molecule has 0 amide bonds. The average molecular weight is 527 g/mol. The van der Waals surface area contributed by atoms with Gasteiger partial charge in [0, 0.05) is 42.4 Å². The van der Waals surface area contributed by atoms with Crippen molar-refractivity contribution >= 4 is 28.5 Å². The normalized spacial score (nSPS) is 22.8. The molecule has 39 heavy (non-hydrogen) atoms. The predicted octanol–water partition coefficient (Wildman–Crippen LogP) is 4.83. The number of aromatic nitrogens is 3. The number of nitrogens with one attached hydrogen (secondary N) is 2. The van der Waals surface area contributed by atoms with Crippen molar-refractivity contribution in [1.82, 2.24) is 24.8 Å². The molecule has 2 saturated heterocycles. The third-order valence-electron chi connectivity index (χ3n) is 9.88. The summed E-state index contributed by atoms with van der Waals surface area (Å²) in [5, 5.41) is 7.69. The van der Waals surface area contributed by atoms with Crippen molar-refractivity contribution in [1.29, 1.82) is 0 Å². The molecule has 4 heterocycles. The molecule has 1 aromatic carbocycles. The van der Waals surface area contributed by atoms with Crippen LogP contribution in [0.15, 0.2) is 29.2 Å². The number of pyridine rings is 1. The number of carbonyl (C=O) groups excluding carboxylic acids is 1. The van der Waals surface area contributed by atoms with Gasteiger partial charge in [-0.15, -0.1) is 0 Å². The van der Waals surface area contributed by atoms with E-state index >= 15 is 0 Å². The Morgan fingerprint density at radius 1 is 1.13 bits per heavy atom. The number of nitrogens with zero attached hydrogens (tertiary/aromatic N) is 4. The SMILES string of the molecule is CC(=O)c1c(C)c2cnc(Nc3ccc4c(c3)CCC4N3CC4(CCNCC4)C3)nc2n(C2CCCC2)c1=O. The zero-order valence-electron chi connectivity index (χ0n) is 23.1. The molecule has 1 atom stereocenters. The van der Waals surface area contributed by atoms with Crippen LogP contribution >= 0.6 is 0 Å². The van der Waals surface area contributed by atoms with E-state index in [9.17, 15) is 9.59 Å². The summed E-state index contributed by atoms with van der Waals surface area (Å²) in [6, 6.07) is 7.27. The molecule has 204 valence electrons. The van der Waals surface area contributed by atoms with Gasteiger partial charge >= 0.3 is 0 Å². The van der Waals surface area contributed by atoms with Crippen LogP contribution in [0.2, 0.25) is 0 Å². The van der Waals surface area contributed by atoms with Crippen LogP contribution in [0.1, 0.15) is 91.0 Å². The first-order valence-electron chi connectivity index (χ1n) is 14.7. The highest BCUT2D eigenvalue weighted by atomic mass is 16.1. The van der Waals surface area contributed by atoms with Crippen molar-refractivity contribution in [2.45, 2.75) is 77.3 Å². The second kappa shape index (κ2) is 9.52. The second-order valence-electron chi connectivity index (χ2n) is 12.3. The third-order valence-corrected chi connectivity index (χ3v) is 9.88. The molecule has 2 aliphatic heterocycles. The van der Waals surface area contributed by atoms with Gasteiger partial charge < -0.3 is 10.6 Å². The number of hydrogen-bond donors (Lipinski definition) is 2. The van der Waals surface area contributed by atoms with Crippen molar-refractivity contribution in [3.63, 3.8) is 0 Å². The number of likely N-dealkylation sites (tertiary alicyclic amines) is 1. The fourth-order valence-electron chi connectivity index (χ4n) is 7.80. The van der Waals surface area contributed by atoms with Gasteiger partial charge in [0.25, 0.3) is 5.56 Å². The molecule has 3 fully saturated rings. The van der Waals surface area contributed by atoms with Crippen LogP contribution in [0.25, 0.3) is 11.0 Å². The second-order valence-corrected chi connectivity index (χ2v) is 12.3. The predicted molar refractivity (Wildman–Crippen MR) is 153 cm³/mol. The van der Waals surface area contributed by atoms with E-state index in [4.69, 9.17) is 4.98 Å². The van der Waals surface area contributed by atoms with Gasteiger partial charge in [0.15, 0.2) is 5.78 Å². The molecular formula is C31H38N6O2. The Morgan fingerprint density at radius 3 is 2.64 bits per heavy atom. The lowest BCUT2D eigenvalue weighted by Crippen LogP contribution is -2.60. The number of piperidine rings is 1. The number of hydrogen-bond acceptors (Lipinski definition) is 7. The minimum Gasteiger partial charge on any atom is -0.324 e. The largest absolute Gasteiger partial charge is 0.324 e. The van der Waals surface area contributed by atoms with E-state index in [-0.39, 0.29) is 22.9 Å². The minimum absolute atomic E-state index is 0.0731. The van der Waals surface area contributed by atoms with E-state index in [1.807, 2.05) is 6.92 Å². The Kier molecular flexibility index (Phi) is 6.08. The zero-order chi connectivity index (χ0) is 26.7. The van der Waals surface area contributed by atoms with Crippen LogP contribution in [0.5, 0.6) is 0 Å². The van der Waals surface area contributed by atoms with Gasteiger partial charge in [-0.3, -0.25) is 19.1 Å². The maximum Gasteiger partial charge on any atom is 0.263 e. The fraction of sp³-hybridized carbons (Fsp3) is 0.548. The topological polar surface area (TPSA) is 92.2 Å². The summed E-state index contributed by atoms with van der Waals surface area (Å²) in [5.74, 6) is 0.280. The molecule has 2 aliphatic carbocycles. The van der Waals surface area contributed by atoms with Gasteiger partial charge in [-0.05, 0) is 99.7 Å². The van der Waals surface area contributed by atoms with E-state index < -0.39 is 0 Å². The number of benzene rings is 1. The molecule has 8 nitrogen and oxygen atoms in total. The lowest BCUT2D eigenvalue weighted by molar-refractivity contribution is -0.0512. The highest BCUT2D eigenvalue weighted by molar-refractivity contribution is 5.99. The highest BCUT2D eigenvalue weighted by Crippen LogP contribution is 2.47. The van der Waals surface area contributed by atoms with Gasteiger partial charge in [-0.1, -0.05) is 18.9 Å². The average Bonchev–Trinajstić information content (AvgIpc) is 3.58. The molecule has 1 saturated carbocycles. The van der Waals surface area contributed by atoms with E-state index in [1.165, 1.54) is 50.4 Å². The first-order chi connectivity index (χ1) is 18.9. The number of carbonyl (C=O) groups is 1. The number of ketones is 1. The minimum atomic E-state index is -0.218. The summed E-state index contributed by atoms with van der Waals surface area (Å²) < 4.78 is 1.77. The summed E-state index contributed by atoms with van der Waals surface area (Å²) in [7, 11) is 0. The first-order valence-corrected chi connectivity index (χ1v) is 14.7. The highest BCUT2D eigenvalue weighted by Gasteiger charge is 2.47. The van der Waals surface area contributed by atoms with Gasteiger partial charge in [-0.2, -0.15) is 4.98 Å². The van der Waals surface area contributed by atoms with E-state index in [0.29, 0.717) is 28.6 Å². The number of anilines is 2. The molecule has 1 unspecified atom stereocenters. The van der Waals surface area contributed by atoms with Crippen molar-refractivity contribution in [3.8, 4) is 0 Å². The summed E-state index contributed by atoms with van der Waals surface area (Å²) in [6.07, 6.45) is 10.7. The molecule has 0 bridgehead atoms. The standard InChI is InChI=1S/C31H38N6O2/c1-19-25-16-33-30(35-28(25)37(23-5-3-4-6-23)29(39)27(19)20(2)38)34-22-8-9-24-21(15-22)7-10-26(24)36-17-31(18-36)11-13-32-14-12-31/h8-9,15-16,23,26,32H,3-7,10-14,17-18H2,1-2H3,(H,33,34,35). The Bertz CT molecular complexity index is 1510. The number of Topliss-reactive ketones (excluding diaryl/α,β-unsaturated/α-hetero) is 1. The van der Waals surface area contributed by atoms with Crippen LogP contribution in [-0.4, -0.2) is 51.4 Å². The maximum absolute atomic E-state index is 13.5. The number of aryl methyl sites for hydroxylation is 2. The van der Waals surface area contributed by atoms with Crippen LogP contribution in [0.3, 0.4) is 0 Å². The molecule has 7 rings (SSSR count). The Morgan fingerprint density at radius 2 is 1.90 bits per heavy atom. The smallest absolute Gasteiger partial charge is 0.263 e. The van der Waals surface area contributed by atoms with Crippen molar-refractivity contribution in [2.24, 2.45) is 5.41 Å². The number of fused-ring (bicyclic) bond motifs is 2. The number of rotatable bonds is 5. The molecule has 8 heteroatoms. The van der Waals surface area contributed by atoms with Crippen LogP contribution in [0, 0.1) is 12.3 Å². The van der Waals surface area contributed by atoms with Gasteiger partial charge in [0.05, 0.1) is 5.56 Å². The summed E-state index contributed by atoms with van der Waals surface area (Å²) in [4.78, 5) is 38.1. The van der Waals surface area contributed by atoms with Crippen molar-refractivity contribution < 1.29 is 4.79 Å². The lowest BCUT2D eigenvalue weighted by Gasteiger charge is -2.55. The van der Waals surface area contributed by atoms with Gasteiger partial charge in [0.2, 0.25) is 5.95 Å². The third kappa shape index (κ3) is 4.19. The van der Waals surface area contributed by atoms with E-state index in [0.717, 1.165) is 56.3 Å². The molecule has 1 spiro atoms. The first kappa shape index (κ1) is 24.9. The molecule has 0 radical (unpaired) electrons. The van der Waals surface area contributed by atoms with Gasteiger partial charge in [0.1, 0.15) is 5.65 Å². The van der Waals surface area contributed by atoms with Crippen LogP contribution in [-0.2, 0) is 6.42 Å². The fourth-order valence-corrected chi connectivity index (χ4v) is 7.80. The lowest BCUT2D eigenvalue weighted by atomic mass is 9.71. The maximum atomic E-state index is 13.5. The molecular weight excluding hydrogens is 488 g/mol. The zero-order valence-corrected chi connectivity index (χ0v) is 23.1. The Labute approximate surface area is 229 Å². The van der Waals surface area contributed by atoms with Crippen LogP contribution < -0.4 is 16.2 Å². The monoisotopic (exact) mass is 526 g/mol. The summed E-state index contributed by atoms with van der Waals surface area (Å²) in [6.45, 7) is 8.09. The summed E-state index contributed by atoms with van der Waals surface area (Å²) >= 11 is 0. The van der Waals surface area contributed by atoms with Crippen molar-refractivity contribution in [3.05, 3.63) is 57.0 Å².